The summed E-state index contributed by atoms with van der Waals surface area (Å²) in [6, 6.07) is 8.11. The number of pyridine rings is 1. The van der Waals surface area contributed by atoms with Crippen LogP contribution in [0.3, 0.4) is 0 Å². The van der Waals surface area contributed by atoms with Gasteiger partial charge in [0.15, 0.2) is 0 Å². The van der Waals surface area contributed by atoms with Gasteiger partial charge < -0.3 is 14.2 Å². The van der Waals surface area contributed by atoms with E-state index in [0.717, 1.165) is 70.0 Å². The van der Waals surface area contributed by atoms with E-state index >= 15 is 0 Å². The molecule has 0 amide bonds. The van der Waals surface area contributed by atoms with E-state index in [1.165, 1.54) is 5.69 Å². The van der Waals surface area contributed by atoms with E-state index in [-0.39, 0.29) is 11.6 Å². The van der Waals surface area contributed by atoms with E-state index < -0.39 is 0 Å². The highest BCUT2D eigenvalue weighted by Gasteiger charge is 2.24. The molecule has 0 radical (unpaired) electrons. The molecule has 0 bridgehead atoms. The highest BCUT2D eigenvalue weighted by Crippen LogP contribution is 2.22. The van der Waals surface area contributed by atoms with E-state index in [0.29, 0.717) is 0 Å². The summed E-state index contributed by atoms with van der Waals surface area (Å²) in [7, 11) is 2.13. The summed E-state index contributed by atoms with van der Waals surface area (Å²) in [6.45, 7) is 6.64. The summed E-state index contributed by atoms with van der Waals surface area (Å²) in [5.74, 6) is 0. The van der Waals surface area contributed by atoms with E-state index in [1.807, 2.05) is 24.7 Å². The molecule has 2 fully saturated rings. The zero-order chi connectivity index (χ0) is 20.5. The molecule has 3 aromatic rings. The molecule has 2 aliphatic rings. The third-order valence-corrected chi connectivity index (χ3v) is 6.40. The molecule has 1 atom stereocenters. The van der Waals surface area contributed by atoms with Crippen molar-refractivity contribution in [2.24, 2.45) is 0 Å². The van der Waals surface area contributed by atoms with Crippen molar-refractivity contribution in [1.82, 2.24) is 29.0 Å². The van der Waals surface area contributed by atoms with Crippen LogP contribution in [0, 0.1) is 0 Å². The van der Waals surface area contributed by atoms with E-state index in [9.17, 15) is 4.79 Å². The second-order valence-electron chi connectivity index (χ2n) is 8.49. The van der Waals surface area contributed by atoms with Crippen LogP contribution in [0.1, 0.15) is 24.6 Å². The molecule has 5 rings (SSSR count). The first-order valence-corrected chi connectivity index (χ1v) is 10.8. The molecule has 0 saturated carbocycles. The summed E-state index contributed by atoms with van der Waals surface area (Å²) in [4.78, 5) is 24.3. The van der Waals surface area contributed by atoms with Gasteiger partial charge in [0.05, 0.1) is 17.9 Å². The number of piperidine rings is 1. The van der Waals surface area contributed by atoms with Crippen LogP contribution < -0.4 is 10.5 Å². The molecule has 0 N–H and O–H groups in total. The van der Waals surface area contributed by atoms with Crippen molar-refractivity contribution in [3.8, 4) is 0 Å². The Hall–Kier alpha value is -2.71. The predicted octanol–water partition coefficient (Wildman–Crippen LogP) is 1.48. The van der Waals surface area contributed by atoms with Crippen molar-refractivity contribution in [1.29, 1.82) is 0 Å². The molecule has 0 aromatic carbocycles. The molecule has 2 aliphatic heterocycles. The maximum absolute atomic E-state index is 12.9. The lowest BCUT2D eigenvalue weighted by molar-refractivity contribution is 0.158. The Morgan fingerprint density at radius 2 is 2.00 bits per heavy atom. The third-order valence-electron chi connectivity index (χ3n) is 6.40. The van der Waals surface area contributed by atoms with Gasteiger partial charge in [0, 0.05) is 63.4 Å². The standard InChI is InChI=1S/C22H29N7O/c1-25-10-12-27(13-11-25)20-14-22(30)29(24-15-20)19-5-3-8-26(17-19)16-18-4-2-6-21-23-7-9-28(18)21/h2,4,6-7,9,14-15,19H,3,5,8,10-13,16-17H2,1H3/t19-/m1/s1. The lowest BCUT2D eigenvalue weighted by atomic mass is 10.1. The summed E-state index contributed by atoms with van der Waals surface area (Å²) in [6.07, 6.45) is 7.78. The van der Waals surface area contributed by atoms with Gasteiger partial charge in [-0.2, -0.15) is 5.10 Å². The number of rotatable bonds is 4. The largest absolute Gasteiger partial charge is 0.368 e. The molecule has 8 nitrogen and oxygen atoms in total. The lowest BCUT2D eigenvalue weighted by Crippen LogP contribution is -2.45. The number of likely N-dealkylation sites (N-methyl/N-ethyl adjacent to an activating group) is 1. The molecule has 2 saturated heterocycles. The number of hydrogen-bond donors (Lipinski definition) is 0. The minimum atomic E-state index is 0.00925. The van der Waals surface area contributed by atoms with Crippen molar-refractivity contribution in [2.45, 2.75) is 25.4 Å². The van der Waals surface area contributed by atoms with Gasteiger partial charge in [-0.3, -0.25) is 9.69 Å². The Morgan fingerprint density at radius 3 is 2.83 bits per heavy atom. The maximum Gasteiger partial charge on any atom is 0.269 e. The molecule has 0 unspecified atom stereocenters. The summed E-state index contributed by atoms with van der Waals surface area (Å²) < 4.78 is 3.84. The summed E-state index contributed by atoms with van der Waals surface area (Å²) >= 11 is 0. The molecule has 3 aromatic heterocycles. The third kappa shape index (κ3) is 3.85. The van der Waals surface area contributed by atoms with Crippen LogP contribution in [0.15, 0.2) is 47.7 Å². The van der Waals surface area contributed by atoms with Gasteiger partial charge in [-0.1, -0.05) is 6.07 Å². The van der Waals surface area contributed by atoms with E-state index in [4.69, 9.17) is 0 Å². The highest BCUT2D eigenvalue weighted by molar-refractivity contribution is 5.43. The van der Waals surface area contributed by atoms with Crippen molar-refractivity contribution in [2.75, 3.05) is 51.2 Å². The monoisotopic (exact) mass is 407 g/mol. The van der Waals surface area contributed by atoms with Crippen LogP contribution in [0.2, 0.25) is 0 Å². The Labute approximate surface area is 176 Å². The SMILES string of the molecule is CN1CCN(c2cnn([C@@H]3CCCN(Cc4cccc5nccn45)C3)c(=O)c2)CC1. The number of fused-ring (bicyclic) bond motifs is 1. The van der Waals surface area contributed by atoms with Gasteiger partial charge in [0.2, 0.25) is 0 Å². The fourth-order valence-corrected chi connectivity index (χ4v) is 4.66. The minimum Gasteiger partial charge on any atom is -0.368 e. The number of likely N-dealkylation sites (tertiary alicyclic amines) is 1. The highest BCUT2D eigenvalue weighted by atomic mass is 16.1. The van der Waals surface area contributed by atoms with Gasteiger partial charge in [-0.25, -0.2) is 9.67 Å². The predicted molar refractivity (Wildman–Crippen MR) is 117 cm³/mol. The summed E-state index contributed by atoms with van der Waals surface area (Å²) in [5.41, 5.74) is 3.15. The van der Waals surface area contributed by atoms with Crippen LogP contribution in [0.5, 0.6) is 0 Å². The average Bonchev–Trinajstić information content (AvgIpc) is 3.24. The topological polar surface area (TPSA) is 61.9 Å². The van der Waals surface area contributed by atoms with E-state index in [2.05, 4.69) is 48.4 Å². The number of imidazole rings is 1. The van der Waals surface area contributed by atoms with Crippen molar-refractivity contribution < 1.29 is 0 Å². The van der Waals surface area contributed by atoms with Crippen molar-refractivity contribution in [3.05, 3.63) is 58.9 Å². The molecule has 0 aliphatic carbocycles. The fraction of sp³-hybridized carbons (Fsp3) is 0.500. The molecule has 0 spiro atoms. The molecule has 5 heterocycles. The Kier molecular flexibility index (Phi) is 5.26. The van der Waals surface area contributed by atoms with E-state index in [1.54, 1.807) is 10.7 Å². The Morgan fingerprint density at radius 1 is 1.13 bits per heavy atom. The van der Waals surface area contributed by atoms with Crippen molar-refractivity contribution in [3.63, 3.8) is 0 Å². The van der Waals surface area contributed by atoms with Gasteiger partial charge in [0.1, 0.15) is 5.65 Å². The number of aromatic nitrogens is 4. The minimum absolute atomic E-state index is 0.00925. The first kappa shape index (κ1) is 19.3. The number of hydrogen-bond acceptors (Lipinski definition) is 6. The first-order valence-electron chi connectivity index (χ1n) is 10.8. The second kappa shape index (κ2) is 8.20. The summed E-state index contributed by atoms with van der Waals surface area (Å²) in [5, 5.41) is 4.59. The molecule has 158 valence electrons. The first-order chi connectivity index (χ1) is 14.7. The van der Waals surface area contributed by atoms with Crippen LogP contribution in [-0.4, -0.2) is 75.3 Å². The number of nitrogens with zero attached hydrogens (tertiary/aromatic N) is 7. The van der Waals surface area contributed by atoms with Crippen LogP contribution in [0.25, 0.3) is 5.65 Å². The average molecular weight is 408 g/mol. The molecule has 30 heavy (non-hydrogen) atoms. The van der Waals surface area contributed by atoms with Crippen LogP contribution in [0.4, 0.5) is 5.69 Å². The normalized spacial score (nSPS) is 21.4. The smallest absolute Gasteiger partial charge is 0.269 e. The van der Waals surface area contributed by atoms with Gasteiger partial charge in [-0.05, 0) is 38.6 Å². The number of piperazine rings is 1. The molecular weight excluding hydrogens is 378 g/mol. The molecule has 8 heteroatoms. The zero-order valence-corrected chi connectivity index (χ0v) is 17.5. The Bertz CT molecular complexity index is 1070. The Balaban J connectivity index is 1.30. The van der Waals surface area contributed by atoms with Crippen molar-refractivity contribution >= 4 is 11.3 Å². The quantitative estimate of drug-likeness (QED) is 0.653. The zero-order valence-electron chi connectivity index (χ0n) is 17.5. The van der Waals surface area contributed by atoms with Gasteiger partial charge in [-0.15, -0.1) is 0 Å². The van der Waals surface area contributed by atoms with Crippen LogP contribution in [-0.2, 0) is 6.54 Å². The second-order valence-corrected chi connectivity index (χ2v) is 8.49. The fourth-order valence-electron chi connectivity index (χ4n) is 4.66. The molecular formula is C22H29N7O. The lowest BCUT2D eigenvalue weighted by Gasteiger charge is -2.35. The maximum atomic E-state index is 12.9. The number of anilines is 1. The van der Waals surface area contributed by atoms with Gasteiger partial charge in [0.25, 0.3) is 5.56 Å². The van der Waals surface area contributed by atoms with Crippen LogP contribution >= 0.6 is 0 Å². The van der Waals surface area contributed by atoms with Gasteiger partial charge >= 0.3 is 0 Å².